The van der Waals surface area contributed by atoms with Gasteiger partial charge in [0, 0.05) is 12.1 Å². The van der Waals surface area contributed by atoms with Gasteiger partial charge in [-0.05, 0) is 24.8 Å². The second kappa shape index (κ2) is 7.18. The van der Waals surface area contributed by atoms with Gasteiger partial charge in [-0.1, -0.05) is 29.8 Å². The van der Waals surface area contributed by atoms with E-state index in [-0.39, 0.29) is 18.3 Å². The van der Waals surface area contributed by atoms with Gasteiger partial charge in [0.25, 0.3) is 5.91 Å². The number of hydrogen-bond acceptors (Lipinski definition) is 5. The molecule has 0 aliphatic carbocycles. The highest BCUT2D eigenvalue weighted by atomic mass is 16.6. The van der Waals surface area contributed by atoms with E-state index in [0.717, 1.165) is 11.1 Å². The van der Waals surface area contributed by atoms with Crippen molar-refractivity contribution in [3.05, 3.63) is 63.5 Å². The van der Waals surface area contributed by atoms with E-state index in [2.05, 4.69) is 20.6 Å². The van der Waals surface area contributed by atoms with Gasteiger partial charge in [0.2, 0.25) is 0 Å². The molecule has 0 bridgehead atoms. The topological polar surface area (TPSA) is 119 Å². The van der Waals surface area contributed by atoms with Crippen molar-refractivity contribution >= 4 is 11.7 Å². The van der Waals surface area contributed by atoms with Crippen LogP contribution >= 0.6 is 0 Å². The molecule has 0 atom stereocenters. The first-order valence-corrected chi connectivity index (χ1v) is 8.03. The van der Waals surface area contributed by atoms with Crippen molar-refractivity contribution in [2.45, 2.75) is 20.4 Å². The molecule has 9 heteroatoms. The normalized spacial score (nSPS) is 10.7. The maximum Gasteiger partial charge on any atom is 0.390 e. The number of aromatic amines is 1. The number of amides is 1. The average Bonchev–Trinajstić information content (AvgIpc) is 3.23. The third-order valence-corrected chi connectivity index (χ3v) is 3.93. The van der Waals surface area contributed by atoms with Crippen molar-refractivity contribution in [2.24, 2.45) is 0 Å². The number of carbonyl (C=O) groups is 1. The summed E-state index contributed by atoms with van der Waals surface area (Å²) in [6.07, 6.45) is 0. The number of aryl methyl sites for hydroxylation is 2. The summed E-state index contributed by atoms with van der Waals surface area (Å²) in [4.78, 5) is 22.4. The number of H-pyrrole nitrogens is 1. The lowest BCUT2D eigenvalue weighted by atomic mass is 10.1. The van der Waals surface area contributed by atoms with Crippen LogP contribution in [0.1, 0.15) is 21.7 Å². The van der Waals surface area contributed by atoms with Gasteiger partial charge in [-0.2, -0.15) is 9.78 Å². The molecular formula is C17H18N6O3. The van der Waals surface area contributed by atoms with Crippen LogP contribution in [-0.2, 0) is 6.54 Å². The monoisotopic (exact) mass is 354 g/mol. The molecule has 3 rings (SSSR count). The number of rotatable bonds is 6. The van der Waals surface area contributed by atoms with Crippen molar-refractivity contribution in [1.29, 1.82) is 0 Å². The van der Waals surface area contributed by atoms with Crippen molar-refractivity contribution in [3.8, 4) is 11.3 Å². The lowest BCUT2D eigenvalue weighted by Crippen LogP contribution is -2.28. The summed E-state index contributed by atoms with van der Waals surface area (Å²) in [5.41, 5.74) is 3.77. The Morgan fingerprint density at radius 1 is 1.27 bits per heavy atom. The number of nitrogens with one attached hydrogen (secondary N) is 2. The van der Waals surface area contributed by atoms with Gasteiger partial charge in [0.05, 0.1) is 29.1 Å². The van der Waals surface area contributed by atoms with Gasteiger partial charge in [-0.25, -0.2) is 0 Å². The van der Waals surface area contributed by atoms with E-state index in [9.17, 15) is 14.9 Å². The Hall–Kier alpha value is -3.49. The number of aromatic nitrogens is 4. The molecule has 2 N–H and O–H groups in total. The standard InChI is InChI=1S/C17H18N6O3/c1-11-3-5-13(6-4-11)14-10-15(20-19-14)17(24)18-7-8-22-12(2)9-16(21-22)23(25)26/h3-6,9-10H,7-8H2,1-2H3,(H,18,24)(H,19,20). The highest BCUT2D eigenvalue weighted by Crippen LogP contribution is 2.18. The van der Waals surface area contributed by atoms with Crippen LogP contribution in [0, 0.1) is 24.0 Å². The fourth-order valence-electron chi connectivity index (χ4n) is 2.49. The highest BCUT2D eigenvalue weighted by molar-refractivity contribution is 5.93. The molecule has 3 aromatic rings. The highest BCUT2D eigenvalue weighted by Gasteiger charge is 2.16. The predicted octanol–water partition coefficient (Wildman–Crippen LogP) is 2.23. The quantitative estimate of drug-likeness (QED) is 0.520. The SMILES string of the molecule is Cc1ccc(-c2cc(C(=O)NCCn3nc([N+](=O)[O-])cc3C)[nH]n2)cc1. The first-order chi connectivity index (χ1) is 12.4. The van der Waals surface area contributed by atoms with Crippen LogP contribution in [0.5, 0.6) is 0 Å². The molecule has 0 aliphatic rings. The van der Waals surface area contributed by atoms with Crippen LogP contribution in [0.15, 0.2) is 36.4 Å². The van der Waals surface area contributed by atoms with E-state index in [1.165, 1.54) is 10.7 Å². The van der Waals surface area contributed by atoms with Crippen LogP contribution in [0.4, 0.5) is 5.82 Å². The predicted molar refractivity (Wildman–Crippen MR) is 94.7 cm³/mol. The molecule has 0 fully saturated rings. The average molecular weight is 354 g/mol. The zero-order valence-electron chi connectivity index (χ0n) is 14.4. The minimum atomic E-state index is -0.542. The number of nitrogens with zero attached hydrogens (tertiary/aromatic N) is 4. The number of hydrogen-bond donors (Lipinski definition) is 2. The summed E-state index contributed by atoms with van der Waals surface area (Å²) in [5, 5.41) is 24.2. The lowest BCUT2D eigenvalue weighted by molar-refractivity contribution is -0.389. The van der Waals surface area contributed by atoms with Crippen LogP contribution in [0.3, 0.4) is 0 Å². The molecule has 26 heavy (non-hydrogen) atoms. The molecule has 0 saturated heterocycles. The summed E-state index contributed by atoms with van der Waals surface area (Å²) in [6.45, 7) is 4.36. The maximum absolute atomic E-state index is 12.2. The summed E-state index contributed by atoms with van der Waals surface area (Å²) >= 11 is 0. The Bertz CT molecular complexity index is 942. The van der Waals surface area contributed by atoms with E-state index >= 15 is 0 Å². The van der Waals surface area contributed by atoms with Gasteiger partial charge in [0.1, 0.15) is 5.69 Å². The van der Waals surface area contributed by atoms with Crippen molar-refractivity contribution in [3.63, 3.8) is 0 Å². The second-order valence-electron chi connectivity index (χ2n) is 5.91. The summed E-state index contributed by atoms with van der Waals surface area (Å²) < 4.78 is 1.49. The van der Waals surface area contributed by atoms with E-state index in [1.54, 1.807) is 13.0 Å². The Kier molecular flexibility index (Phi) is 4.78. The Labute approximate surface area is 149 Å². The fraction of sp³-hybridized carbons (Fsp3) is 0.235. The molecule has 0 spiro atoms. The Balaban J connectivity index is 1.59. The van der Waals surface area contributed by atoms with Crippen LogP contribution in [-0.4, -0.2) is 37.4 Å². The molecule has 1 aromatic carbocycles. The molecular weight excluding hydrogens is 336 g/mol. The van der Waals surface area contributed by atoms with Crippen LogP contribution in [0.2, 0.25) is 0 Å². The molecule has 0 aliphatic heterocycles. The third kappa shape index (κ3) is 3.77. The smallest absolute Gasteiger partial charge is 0.358 e. The van der Waals surface area contributed by atoms with E-state index in [1.807, 2.05) is 31.2 Å². The fourth-order valence-corrected chi connectivity index (χ4v) is 2.49. The van der Waals surface area contributed by atoms with Gasteiger partial charge in [-0.15, -0.1) is 0 Å². The zero-order chi connectivity index (χ0) is 18.7. The lowest BCUT2D eigenvalue weighted by Gasteiger charge is -2.02. The van der Waals surface area contributed by atoms with Crippen LogP contribution in [0.25, 0.3) is 11.3 Å². The van der Waals surface area contributed by atoms with Crippen molar-refractivity contribution < 1.29 is 9.72 Å². The molecule has 0 radical (unpaired) electrons. The summed E-state index contributed by atoms with van der Waals surface area (Å²) in [6, 6.07) is 10.9. The van der Waals surface area contributed by atoms with Gasteiger partial charge < -0.3 is 15.4 Å². The van der Waals surface area contributed by atoms with Gasteiger partial charge in [-0.3, -0.25) is 9.89 Å². The summed E-state index contributed by atoms with van der Waals surface area (Å²) in [7, 11) is 0. The van der Waals surface area contributed by atoms with Crippen molar-refractivity contribution in [1.82, 2.24) is 25.3 Å². The Morgan fingerprint density at radius 3 is 2.65 bits per heavy atom. The second-order valence-corrected chi connectivity index (χ2v) is 5.91. The molecule has 2 aromatic heterocycles. The molecule has 1 amide bonds. The Morgan fingerprint density at radius 2 is 2.00 bits per heavy atom. The van der Waals surface area contributed by atoms with Crippen LogP contribution < -0.4 is 5.32 Å². The minimum Gasteiger partial charge on any atom is -0.358 e. The van der Waals surface area contributed by atoms with E-state index < -0.39 is 4.92 Å². The number of nitro groups is 1. The third-order valence-electron chi connectivity index (χ3n) is 3.93. The van der Waals surface area contributed by atoms with E-state index in [0.29, 0.717) is 23.6 Å². The largest absolute Gasteiger partial charge is 0.390 e. The molecule has 9 nitrogen and oxygen atoms in total. The van der Waals surface area contributed by atoms with E-state index in [4.69, 9.17) is 0 Å². The van der Waals surface area contributed by atoms with Gasteiger partial charge in [0.15, 0.2) is 0 Å². The van der Waals surface area contributed by atoms with Gasteiger partial charge >= 0.3 is 5.82 Å². The number of carbonyl (C=O) groups excluding carboxylic acids is 1. The number of benzene rings is 1. The molecule has 0 saturated carbocycles. The minimum absolute atomic E-state index is 0.204. The van der Waals surface area contributed by atoms with Crippen molar-refractivity contribution in [2.75, 3.05) is 6.54 Å². The first kappa shape index (κ1) is 17.3. The zero-order valence-corrected chi connectivity index (χ0v) is 14.4. The first-order valence-electron chi connectivity index (χ1n) is 8.03. The molecule has 134 valence electrons. The maximum atomic E-state index is 12.2. The summed E-state index contributed by atoms with van der Waals surface area (Å²) in [5.74, 6) is -0.500. The molecule has 0 unspecified atom stereocenters. The molecule has 2 heterocycles.